The smallest absolute Gasteiger partial charge is 0.343 e. The number of carbonyl (C=O) groups is 1. The van der Waals surface area contributed by atoms with Crippen molar-refractivity contribution in [2.75, 3.05) is 12.9 Å². The molecule has 31 heavy (non-hydrogen) atoms. The van der Waals surface area contributed by atoms with Crippen LogP contribution in [0.3, 0.4) is 0 Å². The lowest BCUT2D eigenvalue weighted by atomic mass is 9.99. The predicted octanol–water partition coefficient (Wildman–Crippen LogP) is 3.10. The van der Waals surface area contributed by atoms with Crippen molar-refractivity contribution < 1.29 is 35.8 Å². The fraction of sp³-hybridized carbons (Fsp3) is 0.333. The minimum atomic E-state index is -3.45. The molecule has 0 saturated heterocycles. The Hall–Kier alpha value is -1.98. The summed E-state index contributed by atoms with van der Waals surface area (Å²) in [6, 6.07) is 7.92. The SMILES string of the molecule is CS(=O)NCc1ccc(-c2ccc(C(OP(O)F)C(CF)NC(=O)C(F)F)cc2)cn1. The average Bonchev–Trinajstić information content (AvgIpc) is 2.74. The fourth-order valence-electron chi connectivity index (χ4n) is 2.64. The van der Waals surface area contributed by atoms with Crippen molar-refractivity contribution in [3.05, 3.63) is 53.9 Å². The molecular weight excluding hydrogens is 461 g/mol. The lowest BCUT2D eigenvalue weighted by Crippen LogP contribution is -2.44. The van der Waals surface area contributed by atoms with Crippen molar-refractivity contribution in [1.82, 2.24) is 15.0 Å². The Kier molecular flexibility index (Phi) is 9.92. The zero-order valence-corrected chi connectivity index (χ0v) is 17.9. The second-order valence-electron chi connectivity index (χ2n) is 6.26. The van der Waals surface area contributed by atoms with E-state index in [4.69, 9.17) is 4.89 Å². The molecule has 0 spiro atoms. The third kappa shape index (κ3) is 7.89. The van der Waals surface area contributed by atoms with Crippen LogP contribution in [0.2, 0.25) is 0 Å². The highest BCUT2D eigenvalue weighted by molar-refractivity contribution is 7.82. The highest BCUT2D eigenvalue weighted by Crippen LogP contribution is 2.41. The molecule has 0 aliphatic rings. The molecule has 170 valence electrons. The molecule has 1 heterocycles. The Morgan fingerprint density at radius 3 is 2.35 bits per heavy atom. The number of aromatic nitrogens is 1. The van der Waals surface area contributed by atoms with Crippen LogP contribution in [0.1, 0.15) is 17.4 Å². The second kappa shape index (κ2) is 12.2. The van der Waals surface area contributed by atoms with Crippen LogP contribution in [-0.2, 0) is 26.8 Å². The first-order valence-corrected chi connectivity index (χ1v) is 11.5. The highest BCUT2D eigenvalue weighted by atomic mass is 32.2. The van der Waals surface area contributed by atoms with Crippen LogP contribution >= 0.6 is 8.69 Å². The number of halogens is 4. The summed E-state index contributed by atoms with van der Waals surface area (Å²) < 4.78 is 70.0. The summed E-state index contributed by atoms with van der Waals surface area (Å²) >= 11 is 0. The number of hydrogen-bond donors (Lipinski definition) is 3. The van der Waals surface area contributed by atoms with Gasteiger partial charge >= 0.3 is 15.1 Å². The molecule has 2 rings (SSSR count). The summed E-state index contributed by atoms with van der Waals surface area (Å²) in [5, 5.41) is 1.75. The van der Waals surface area contributed by atoms with Crippen molar-refractivity contribution in [3.63, 3.8) is 0 Å². The first kappa shape index (κ1) is 25.3. The number of amides is 1. The maximum Gasteiger partial charge on any atom is 0.372 e. The lowest BCUT2D eigenvalue weighted by molar-refractivity contribution is -0.133. The maximum atomic E-state index is 13.4. The number of benzene rings is 1. The van der Waals surface area contributed by atoms with E-state index in [1.807, 2.05) is 0 Å². The Bertz CT molecular complexity index is 875. The third-order valence-electron chi connectivity index (χ3n) is 4.11. The number of carbonyl (C=O) groups excluding carboxylic acids is 1. The van der Waals surface area contributed by atoms with Crippen LogP contribution in [0, 0.1) is 0 Å². The van der Waals surface area contributed by atoms with E-state index >= 15 is 0 Å². The normalized spacial score (nSPS) is 15.3. The van der Waals surface area contributed by atoms with Crippen molar-refractivity contribution in [2.45, 2.75) is 25.1 Å². The van der Waals surface area contributed by atoms with Gasteiger partial charge in [0, 0.05) is 18.0 Å². The molecule has 0 aliphatic heterocycles. The molecule has 7 nitrogen and oxygen atoms in total. The van der Waals surface area contributed by atoms with Crippen LogP contribution in [0.5, 0.6) is 0 Å². The number of hydrogen-bond acceptors (Lipinski definition) is 5. The molecule has 1 aromatic heterocycles. The van der Waals surface area contributed by atoms with E-state index < -0.39 is 50.8 Å². The van der Waals surface area contributed by atoms with Gasteiger partial charge in [-0.1, -0.05) is 30.3 Å². The van der Waals surface area contributed by atoms with Gasteiger partial charge in [0.2, 0.25) is 0 Å². The Labute approximate surface area is 179 Å². The van der Waals surface area contributed by atoms with Gasteiger partial charge in [0.05, 0.1) is 29.3 Å². The summed E-state index contributed by atoms with van der Waals surface area (Å²) in [6.07, 6.45) is -1.83. The van der Waals surface area contributed by atoms with E-state index in [-0.39, 0.29) is 5.56 Å². The van der Waals surface area contributed by atoms with E-state index in [1.54, 1.807) is 35.8 Å². The van der Waals surface area contributed by atoms with Crippen LogP contribution < -0.4 is 10.0 Å². The van der Waals surface area contributed by atoms with Gasteiger partial charge in [-0.25, -0.2) is 13.3 Å². The minimum Gasteiger partial charge on any atom is -0.343 e. The summed E-state index contributed by atoms with van der Waals surface area (Å²) in [7, 11) is -4.62. The molecular formula is C18H20F4N3O4PS. The molecule has 0 fully saturated rings. The molecule has 13 heteroatoms. The predicted molar refractivity (Wildman–Crippen MR) is 109 cm³/mol. The van der Waals surface area contributed by atoms with Crippen molar-refractivity contribution in [2.24, 2.45) is 0 Å². The average molecular weight is 481 g/mol. The molecule has 0 aliphatic carbocycles. The zero-order chi connectivity index (χ0) is 23.0. The Morgan fingerprint density at radius 2 is 1.87 bits per heavy atom. The van der Waals surface area contributed by atoms with Gasteiger partial charge in [-0.05, 0) is 17.2 Å². The summed E-state index contributed by atoms with van der Waals surface area (Å²) in [5.74, 6) is -1.73. The van der Waals surface area contributed by atoms with Gasteiger partial charge in [0.1, 0.15) is 12.8 Å². The number of pyridine rings is 1. The Morgan fingerprint density at radius 1 is 1.23 bits per heavy atom. The van der Waals surface area contributed by atoms with Crippen molar-refractivity contribution >= 4 is 25.6 Å². The molecule has 0 saturated carbocycles. The van der Waals surface area contributed by atoms with E-state index in [0.717, 1.165) is 0 Å². The molecule has 2 aromatic rings. The van der Waals surface area contributed by atoms with Gasteiger partial charge in [0.15, 0.2) is 0 Å². The van der Waals surface area contributed by atoms with E-state index in [9.17, 15) is 26.4 Å². The lowest BCUT2D eigenvalue weighted by Gasteiger charge is -2.26. The number of rotatable bonds is 11. The molecule has 3 N–H and O–H groups in total. The first-order chi connectivity index (χ1) is 14.7. The number of nitrogens with one attached hydrogen (secondary N) is 2. The van der Waals surface area contributed by atoms with Crippen LogP contribution in [0.25, 0.3) is 11.1 Å². The van der Waals surface area contributed by atoms with E-state index in [2.05, 4.69) is 14.2 Å². The van der Waals surface area contributed by atoms with Gasteiger partial charge in [0.25, 0.3) is 5.91 Å². The largest absolute Gasteiger partial charge is 0.372 e. The summed E-state index contributed by atoms with van der Waals surface area (Å²) in [6.45, 7) is -1.00. The summed E-state index contributed by atoms with van der Waals surface area (Å²) in [5.41, 5.74) is 2.24. The molecule has 1 amide bonds. The molecule has 4 atom stereocenters. The van der Waals surface area contributed by atoms with Gasteiger partial charge < -0.3 is 10.2 Å². The molecule has 0 bridgehead atoms. The molecule has 4 unspecified atom stereocenters. The second-order valence-corrected chi connectivity index (χ2v) is 8.12. The van der Waals surface area contributed by atoms with Crippen LogP contribution in [-0.4, -0.2) is 45.4 Å². The topological polar surface area (TPSA) is 101 Å². The van der Waals surface area contributed by atoms with E-state index in [0.29, 0.717) is 23.4 Å². The fourth-order valence-corrected chi connectivity index (χ4v) is 3.45. The van der Waals surface area contributed by atoms with Gasteiger partial charge in [-0.3, -0.25) is 14.3 Å². The monoisotopic (exact) mass is 481 g/mol. The summed E-state index contributed by atoms with van der Waals surface area (Å²) in [4.78, 5) is 24.4. The number of alkyl halides is 3. The standard InChI is InChI=1S/C18H20F4N3O4PS/c1-31(28)24-10-14-7-6-13(9-23-14)11-2-4-12(5-3-11)16(29-30(22)27)15(8-19)25-18(26)17(20)21/h2-7,9,15-17,24,27H,8,10H2,1H3,(H,25,26). The van der Waals surface area contributed by atoms with Crippen LogP contribution in [0.4, 0.5) is 17.4 Å². The maximum absolute atomic E-state index is 13.4. The Balaban J connectivity index is 2.20. The first-order valence-electron chi connectivity index (χ1n) is 8.79. The third-order valence-corrected chi connectivity index (χ3v) is 5.06. The zero-order valence-electron chi connectivity index (χ0n) is 16.2. The molecule has 0 radical (unpaired) electrons. The van der Waals surface area contributed by atoms with Crippen LogP contribution in [0.15, 0.2) is 42.6 Å². The molecule has 1 aromatic carbocycles. The van der Waals surface area contributed by atoms with Crippen molar-refractivity contribution in [3.8, 4) is 11.1 Å². The number of nitrogens with zero attached hydrogens (tertiary/aromatic N) is 1. The quantitative estimate of drug-likeness (QED) is 0.338. The highest BCUT2D eigenvalue weighted by Gasteiger charge is 2.31. The minimum absolute atomic E-state index is 0.166. The van der Waals surface area contributed by atoms with Gasteiger partial charge in [-0.2, -0.15) is 13.0 Å². The van der Waals surface area contributed by atoms with Gasteiger partial charge in [-0.15, -0.1) is 0 Å². The van der Waals surface area contributed by atoms with E-state index in [1.165, 1.54) is 18.4 Å². The van der Waals surface area contributed by atoms with Crippen molar-refractivity contribution in [1.29, 1.82) is 0 Å².